The molecule has 1 heterocycles. The summed E-state index contributed by atoms with van der Waals surface area (Å²) in [7, 11) is 1.62. The van der Waals surface area contributed by atoms with Crippen LogP contribution >= 0.6 is 27.7 Å². The van der Waals surface area contributed by atoms with E-state index in [0.29, 0.717) is 10.8 Å². The van der Waals surface area contributed by atoms with Crippen LogP contribution in [0.5, 0.6) is 5.75 Å². The Kier molecular flexibility index (Phi) is 7.26. The summed E-state index contributed by atoms with van der Waals surface area (Å²) in [5, 5.41) is 3.17. The van der Waals surface area contributed by atoms with Crippen LogP contribution in [0.25, 0.3) is 6.08 Å². The van der Waals surface area contributed by atoms with E-state index in [9.17, 15) is 9.59 Å². The molecule has 168 valence electrons. The Balaban J connectivity index is 1.58. The number of methoxy groups -OCH3 is 1. The molecule has 1 fully saturated rings. The van der Waals surface area contributed by atoms with E-state index in [0.717, 1.165) is 45.6 Å². The van der Waals surface area contributed by atoms with Gasteiger partial charge in [0.1, 0.15) is 12.3 Å². The first kappa shape index (κ1) is 22.9. The number of hydrogen-bond donors (Lipinski definition) is 1. The van der Waals surface area contributed by atoms with Crippen molar-refractivity contribution in [2.24, 2.45) is 5.92 Å². The number of carbonyl (C=O) groups excluding carboxylic acids is 2. The number of anilines is 1. The molecular formula is C25H27BrN2O3S. The standard InChI is InChI=1S/C25H27BrN2O3S/c1-16-7-3-4-8-19(16)27-24(29)15-28-20-9-5-6-10-22(20)32-23(25(28)30)14-17-11-12-21(31-2)18(26)13-17/h5-6,9-14,16,19H,3-4,7-8,15H2,1-2H3,(H,27,29)/b23-14-. The summed E-state index contributed by atoms with van der Waals surface area (Å²) in [6.45, 7) is 2.21. The number of ether oxygens (including phenoxy) is 1. The fourth-order valence-electron chi connectivity index (χ4n) is 4.27. The highest BCUT2D eigenvalue weighted by Gasteiger charge is 2.31. The molecule has 32 heavy (non-hydrogen) atoms. The first-order valence-electron chi connectivity index (χ1n) is 10.9. The monoisotopic (exact) mass is 514 g/mol. The van der Waals surface area contributed by atoms with Gasteiger partial charge in [-0.25, -0.2) is 0 Å². The molecule has 2 atom stereocenters. The molecule has 0 aromatic heterocycles. The van der Waals surface area contributed by atoms with Crippen molar-refractivity contribution in [3.8, 4) is 5.75 Å². The average Bonchev–Trinajstić information content (AvgIpc) is 2.78. The van der Waals surface area contributed by atoms with Crippen LogP contribution in [0.3, 0.4) is 0 Å². The van der Waals surface area contributed by atoms with Crippen molar-refractivity contribution in [2.75, 3.05) is 18.6 Å². The van der Waals surface area contributed by atoms with Gasteiger partial charge in [-0.1, -0.05) is 49.7 Å². The third-order valence-electron chi connectivity index (χ3n) is 6.07. The minimum atomic E-state index is -0.160. The van der Waals surface area contributed by atoms with Crippen LogP contribution in [0, 0.1) is 5.92 Å². The lowest BCUT2D eigenvalue weighted by atomic mass is 9.86. The summed E-state index contributed by atoms with van der Waals surface area (Å²) in [5.74, 6) is 0.935. The average molecular weight is 515 g/mol. The lowest BCUT2D eigenvalue weighted by molar-refractivity contribution is -0.123. The molecule has 0 saturated heterocycles. The summed E-state index contributed by atoms with van der Waals surface area (Å²) in [4.78, 5) is 29.5. The zero-order valence-corrected chi connectivity index (χ0v) is 20.7. The smallest absolute Gasteiger partial charge is 0.265 e. The molecule has 0 spiro atoms. The molecule has 1 aliphatic heterocycles. The number of fused-ring (bicyclic) bond motifs is 1. The van der Waals surface area contributed by atoms with Gasteiger partial charge in [-0.15, -0.1) is 0 Å². The molecule has 2 amide bonds. The number of carbonyl (C=O) groups is 2. The highest BCUT2D eigenvalue weighted by Crippen LogP contribution is 2.42. The Morgan fingerprint density at radius 1 is 1.25 bits per heavy atom. The number of para-hydroxylation sites is 1. The molecule has 7 heteroatoms. The predicted molar refractivity (Wildman–Crippen MR) is 133 cm³/mol. The minimum absolute atomic E-state index is 0.0171. The summed E-state index contributed by atoms with van der Waals surface area (Å²) < 4.78 is 6.12. The van der Waals surface area contributed by atoms with E-state index < -0.39 is 0 Å². The van der Waals surface area contributed by atoms with Crippen LogP contribution in [-0.2, 0) is 9.59 Å². The molecule has 5 nitrogen and oxygen atoms in total. The fourth-order valence-corrected chi connectivity index (χ4v) is 5.89. The van der Waals surface area contributed by atoms with Crippen molar-refractivity contribution in [3.63, 3.8) is 0 Å². The summed E-state index contributed by atoms with van der Waals surface area (Å²) in [5.41, 5.74) is 1.66. The van der Waals surface area contributed by atoms with Gasteiger partial charge >= 0.3 is 0 Å². The largest absolute Gasteiger partial charge is 0.496 e. The van der Waals surface area contributed by atoms with Gasteiger partial charge in [-0.2, -0.15) is 0 Å². The topological polar surface area (TPSA) is 58.6 Å². The SMILES string of the molecule is COc1ccc(/C=C2\Sc3ccccc3N(CC(=O)NC3CCCCC3C)C2=O)cc1Br. The molecule has 2 aliphatic rings. The van der Waals surface area contributed by atoms with Gasteiger partial charge in [0.15, 0.2) is 0 Å². The third kappa shape index (κ3) is 5.04. The maximum absolute atomic E-state index is 13.4. The first-order valence-corrected chi connectivity index (χ1v) is 12.5. The molecule has 4 rings (SSSR count). The number of rotatable bonds is 5. The zero-order chi connectivity index (χ0) is 22.7. The molecular weight excluding hydrogens is 488 g/mol. The molecule has 0 bridgehead atoms. The maximum Gasteiger partial charge on any atom is 0.265 e. The van der Waals surface area contributed by atoms with Gasteiger partial charge in [-0.3, -0.25) is 14.5 Å². The molecule has 2 aromatic rings. The number of hydrogen-bond acceptors (Lipinski definition) is 4. The van der Waals surface area contributed by atoms with E-state index in [4.69, 9.17) is 4.74 Å². The van der Waals surface area contributed by atoms with E-state index in [1.54, 1.807) is 12.0 Å². The van der Waals surface area contributed by atoms with Crippen molar-refractivity contribution >= 4 is 51.3 Å². The van der Waals surface area contributed by atoms with Crippen molar-refractivity contribution in [1.29, 1.82) is 0 Å². The molecule has 1 N–H and O–H groups in total. The number of nitrogens with zero attached hydrogens (tertiary/aromatic N) is 1. The maximum atomic E-state index is 13.4. The number of thioether (sulfide) groups is 1. The Labute approximate surface area is 201 Å². The predicted octanol–water partition coefficient (Wildman–Crippen LogP) is 5.63. The van der Waals surface area contributed by atoms with Crippen molar-refractivity contribution in [3.05, 3.63) is 57.4 Å². The highest BCUT2D eigenvalue weighted by atomic mass is 79.9. The van der Waals surface area contributed by atoms with Crippen molar-refractivity contribution in [2.45, 2.75) is 43.5 Å². The van der Waals surface area contributed by atoms with Gasteiger partial charge in [0.25, 0.3) is 5.91 Å². The van der Waals surface area contributed by atoms with Crippen molar-refractivity contribution in [1.82, 2.24) is 5.32 Å². The number of amides is 2. The lowest BCUT2D eigenvalue weighted by Crippen LogP contribution is -2.48. The van der Waals surface area contributed by atoms with Gasteiger partial charge in [-0.05, 0) is 70.6 Å². The molecule has 0 radical (unpaired) electrons. The molecule has 1 aliphatic carbocycles. The third-order valence-corrected chi connectivity index (χ3v) is 7.76. The number of halogens is 1. The van der Waals surface area contributed by atoms with Gasteiger partial charge < -0.3 is 10.1 Å². The van der Waals surface area contributed by atoms with E-state index in [-0.39, 0.29) is 24.4 Å². The van der Waals surface area contributed by atoms with E-state index in [1.165, 1.54) is 18.2 Å². The normalized spacial score (nSPS) is 21.9. The Hall–Kier alpha value is -2.25. The van der Waals surface area contributed by atoms with E-state index in [2.05, 4.69) is 28.2 Å². The highest BCUT2D eigenvalue weighted by molar-refractivity contribution is 9.10. The minimum Gasteiger partial charge on any atom is -0.496 e. The second-order valence-corrected chi connectivity index (χ2v) is 10.2. The second kappa shape index (κ2) is 10.1. The van der Waals surface area contributed by atoms with Crippen LogP contribution in [0.1, 0.15) is 38.2 Å². The first-order chi connectivity index (χ1) is 15.5. The molecule has 1 saturated carbocycles. The quantitative estimate of drug-likeness (QED) is 0.525. The van der Waals surface area contributed by atoms with Crippen LogP contribution in [-0.4, -0.2) is 31.5 Å². The number of nitrogens with one attached hydrogen (secondary N) is 1. The number of benzene rings is 2. The van der Waals surface area contributed by atoms with Crippen LogP contribution in [0.2, 0.25) is 0 Å². The van der Waals surface area contributed by atoms with Crippen molar-refractivity contribution < 1.29 is 14.3 Å². The van der Waals surface area contributed by atoms with Gasteiger partial charge in [0.05, 0.1) is 22.2 Å². The molecule has 2 aromatic carbocycles. The Morgan fingerprint density at radius 2 is 2.03 bits per heavy atom. The van der Waals surface area contributed by atoms with Crippen LogP contribution in [0.4, 0.5) is 5.69 Å². The summed E-state index contributed by atoms with van der Waals surface area (Å²) in [6, 6.07) is 13.6. The fraction of sp³-hybridized carbons (Fsp3) is 0.360. The summed E-state index contributed by atoms with van der Waals surface area (Å²) >= 11 is 4.93. The van der Waals surface area contributed by atoms with Gasteiger partial charge in [0, 0.05) is 10.9 Å². The lowest BCUT2D eigenvalue weighted by Gasteiger charge is -2.32. The molecule has 2 unspecified atom stereocenters. The van der Waals surface area contributed by atoms with Crippen LogP contribution in [0.15, 0.2) is 56.7 Å². The second-order valence-electron chi connectivity index (χ2n) is 8.30. The van der Waals surface area contributed by atoms with Crippen LogP contribution < -0.4 is 15.0 Å². The Bertz CT molecular complexity index is 1060. The van der Waals surface area contributed by atoms with E-state index in [1.807, 2.05) is 48.5 Å². The van der Waals surface area contributed by atoms with E-state index >= 15 is 0 Å². The van der Waals surface area contributed by atoms with Gasteiger partial charge in [0.2, 0.25) is 5.91 Å². The Morgan fingerprint density at radius 3 is 2.78 bits per heavy atom. The summed E-state index contributed by atoms with van der Waals surface area (Å²) in [6.07, 6.45) is 6.36. The zero-order valence-electron chi connectivity index (χ0n) is 18.3.